The fourth-order valence-corrected chi connectivity index (χ4v) is 4.28. The third kappa shape index (κ3) is 3.02. The molecule has 3 rings (SSSR count). The predicted molar refractivity (Wildman–Crippen MR) is 101 cm³/mol. The lowest BCUT2D eigenvalue weighted by Gasteiger charge is -2.36. The highest BCUT2D eigenvalue weighted by Crippen LogP contribution is 2.46. The maximum absolute atomic E-state index is 6.42. The maximum atomic E-state index is 6.42. The van der Waals surface area contributed by atoms with E-state index in [0.29, 0.717) is 5.92 Å². The summed E-state index contributed by atoms with van der Waals surface area (Å²) in [7, 11) is -1.66. The van der Waals surface area contributed by atoms with Gasteiger partial charge in [-0.2, -0.15) is 0 Å². The van der Waals surface area contributed by atoms with Gasteiger partial charge in [0, 0.05) is 12.5 Å². The van der Waals surface area contributed by atoms with Crippen molar-refractivity contribution in [1.82, 2.24) is 0 Å². The molecule has 122 valence electrons. The Bertz CT molecular complexity index is 651. The zero-order chi connectivity index (χ0) is 16.7. The van der Waals surface area contributed by atoms with Gasteiger partial charge in [-0.25, -0.2) is 0 Å². The summed E-state index contributed by atoms with van der Waals surface area (Å²) < 4.78 is 6.42. The largest absolute Gasteiger partial charge is 0.417 e. The normalized spacial score (nSPS) is 14.7. The second kappa shape index (κ2) is 5.92. The van der Waals surface area contributed by atoms with E-state index in [1.807, 2.05) is 0 Å². The Morgan fingerprint density at radius 2 is 1.35 bits per heavy atom. The lowest BCUT2D eigenvalue weighted by Crippen LogP contribution is -2.41. The van der Waals surface area contributed by atoms with E-state index in [4.69, 9.17) is 4.43 Å². The van der Waals surface area contributed by atoms with Crippen LogP contribution in [0.4, 0.5) is 0 Å². The molecule has 23 heavy (non-hydrogen) atoms. The quantitative estimate of drug-likeness (QED) is 0.607. The summed E-state index contributed by atoms with van der Waals surface area (Å²) in [5.74, 6) is 0.479. The first-order chi connectivity index (χ1) is 10.8. The summed E-state index contributed by atoms with van der Waals surface area (Å²) in [4.78, 5) is 0. The first-order valence-corrected chi connectivity index (χ1v) is 11.5. The minimum atomic E-state index is -1.66. The van der Waals surface area contributed by atoms with Crippen LogP contribution in [-0.4, -0.2) is 14.9 Å². The zero-order valence-electron chi connectivity index (χ0n) is 15.0. The van der Waals surface area contributed by atoms with Crippen molar-refractivity contribution in [1.29, 1.82) is 0 Å². The van der Waals surface area contributed by atoms with Gasteiger partial charge in [-0.3, -0.25) is 0 Å². The Labute approximate surface area is 141 Å². The van der Waals surface area contributed by atoms with Crippen LogP contribution in [0.15, 0.2) is 48.5 Å². The minimum absolute atomic E-state index is 0.276. The number of fused-ring (bicyclic) bond motifs is 3. The van der Waals surface area contributed by atoms with Crippen LogP contribution in [0.1, 0.15) is 44.2 Å². The highest BCUT2D eigenvalue weighted by molar-refractivity contribution is 6.74. The molecule has 1 aliphatic rings. The van der Waals surface area contributed by atoms with Gasteiger partial charge in [0.25, 0.3) is 0 Å². The van der Waals surface area contributed by atoms with Gasteiger partial charge in [-0.15, -0.1) is 0 Å². The molecular formula is C21H28OSi. The van der Waals surface area contributed by atoms with Crippen molar-refractivity contribution in [3.63, 3.8) is 0 Å². The van der Waals surface area contributed by atoms with Crippen molar-refractivity contribution in [2.24, 2.45) is 0 Å². The van der Waals surface area contributed by atoms with E-state index in [-0.39, 0.29) is 5.04 Å². The third-order valence-corrected chi connectivity index (χ3v) is 10.2. The Hall–Kier alpha value is -1.38. The summed E-state index contributed by atoms with van der Waals surface area (Å²) in [6.07, 6.45) is 1.07. The van der Waals surface area contributed by atoms with Crippen molar-refractivity contribution in [2.75, 3.05) is 6.61 Å². The van der Waals surface area contributed by atoms with Gasteiger partial charge < -0.3 is 4.43 Å². The highest BCUT2D eigenvalue weighted by atomic mass is 28.4. The molecule has 0 heterocycles. The van der Waals surface area contributed by atoms with Gasteiger partial charge >= 0.3 is 0 Å². The van der Waals surface area contributed by atoms with Crippen molar-refractivity contribution >= 4 is 8.32 Å². The van der Waals surface area contributed by atoms with Crippen LogP contribution in [0.25, 0.3) is 11.1 Å². The summed E-state index contributed by atoms with van der Waals surface area (Å²) in [5.41, 5.74) is 5.74. The number of hydrogen-bond donors (Lipinski definition) is 0. The summed E-state index contributed by atoms with van der Waals surface area (Å²) >= 11 is 0. The molecular weight excluding hydrogens is 296 g/mol. The van der Waals surface area contributed by atoms with E-state index in [0.717, 1.165) is 13.0 Å². The molecule has 1 nitrogen and oxygen atoms in total. The first-order valence-electron chi connectivity index (χ1n) is 8.63. The van der Waals surface area contributed by atoms with Crippen LogP contribution in [-0.2, 0) is 4.43 Å². The molecule has 1 aliphatic carbocycles. The smallest absolute Gasteiger partial charge is 0.191 e. The van der Waals surface area contributed by atoms with Gasteiger partial charge in [0.05, 0.1) is 0 Å². The Morgan fingerprint density at radius 1 is 0.870 bits per heavy atom. The summed E-state index contributed by atoms with van der Waals surface area (Å²) in [6, 6.07) is 17.7. The van der Waals surface area contributed by atoms with Crippen molar-refractivity contribution in [2.45, 2.75) is 51.2 Å². The first kappa shape index (κ1) is 16.5. The molecule has 2 heteroatoms. The van der Waals surface area contributed by atoms with E-state index >= 15 is 0 Å². The van der Waals surface area contributed by atoms with E-state index in [1.54, 1.807) is 0 Å². The molecule has 2 aromatic carbocycles. The van der Waals surface area contributed by atoms with Gasteiger partial charge in [0.2, 0.25) is 0 Å². The van der Waals surface area contributed by atoms with Crippen LogP contribution >= 0.6 is 0 Å². The van der Waals surface area contributed by atoms with Crippen molar-refractivity contribution in [3.05, 3.63) is 59.7 Å². The number of hydrogen-bond acceptors (Lipinski definition) is 1. The fraction of sp³-hybridized carbons (Fsp3) is 0.429. The lowest BCUT2D eigenvalue weighted by atomic mass is 9.94. The van der Waals surface area contributed by atoms with Crippen LogP contribution in [0.2, 0.25) is 18.1 Å². The minimum Gasteiger partial charge on any atom is -0.417 e. The van der Waals surface area contributed by atoms with Gasteiger partial charge in [0.15, 0.2) is 8.32 Å². The molecule has 0 saturated heterocycles. The maximum Gasteiger partial charge on any atom is 0.191 e. The molecule has 0 unspecified atom stereocenters. The van der Waals surface area contributed by atoms with Crippen molar-refractivity contribution < 1.29 is 4.43 Å². The van der Waals surface area contributed by atoms with E-state index in [1.165, 1.54) is 22.3 Å². The van der Waals surface area contributed by atoms with Crippen LogP contribution in [0.3, 0.4) is 0 Å². The molecule has 0 saturated carbocycles. The van der Waals surface area contributed by atoms with Gasteiger partial charge in [-0.1, -0.05) is 69.3 Å². The van der Waals surface area contributed by atoms with Crippen molar-refractivity contribution in [3.8, 4) is 11.1 Å². The molecule has 0 radical (unpaired) electrons. The third-order valence-electron chi connectivity index (χ3n) is 5.64. The lowest BCUT2D eigenvalue weighted by molar-refractivity contribution is 0.277. The molecule has 2 aromatic rings. The molecule has 0 spiro atoms. The molecule has 0 atom stereocenters. The Morgan fingerprint density at radius 3 is 1.83 bits per heavy atom. The fourth-order valence-electron chi connectivity index (χ4n) is 3.22. The van der Waals surface area contributed by atoms with Crippen LogP contribution in [0.5, 0.6) is 0 Å². The predicted octanol–water partition coefficient (Wildman–Crippen LogP) is 6.21. The monoisotopic (exact) mass is 324 g/mol. The van der Waals surface area contributed by atoms with E-state index in [9.17, 15) is 0 Å². The number of rotatable bonds is 4. The molecule has 0 aromatic heterocycles. The van der Waals surface area contributed by atoms with Gasteiger partial charge in [-0.05, 0) is 46.8 Å². The molecule has 0 aliphatic heterocycles. The average molecular weight is 325 g/mol. The second-order valence-corrected chi connectivity index (χ2v) is 12.9. The van der Waals surface area contributed by atoms with Crippen LogP contribution in [0, 0.1) is 0 Å². The van der Waals surface area contributed by atoms with E-state index < -0.39 is 8.32 Å². The Kier molecular flexibility index (Phi) is 4.24. The number of benzene rings is 2. The average Bonchev–Trinajstić information content (AvgIpc) is 2.81. The summed E-state index contributed by atoms with van der Waals surface area (Å²) in [5, 5.41) is 0.276. The van der Waals surface area contributed by atoms with Crippen LogP contribution < -0.4 is 0 Å². The van der Waals surface area contributed by atoms with E-state index in [2.05, 4.69) is 82.4 Å². The molecule has 0 amide bonds. The Balaban J connectivity index is 1.79. The molecule has 0 N–H and O–H groups in total. The summed E-state index contributed by atoms with van der Waals surface area (Å²) in [6.45, 7) is 12.4. The molecule has 0 bridgehead atoms. The molecule has 0 fully saturated rings. The van der Waals surface area contributed by atoms with Gasteiger partial charge in [0.1, 0.15) is 0 Å². The highest BCUT2D eigenvalue weighted by Gasteiger charge is 2.37. The topological polar surface area (TPSA) is 9.23 Å². The SMILES string of the molecule is CC(C)(C)[Si](C)(C)OCCC1c2ccccc2-c2ccccc21. The zero-order valence-corrected chi connectivity index (χ0v) is 16.0. The standard InChI is InChI=1S/C21H28OSi/c1-21(2,3)23(4,5)22-15-14-20-18-12-8-6-10-16(18)17-11-7-9-13-19(17)20/h6-13,20H,14-15H2,1-5H3. The second-order valence-electron chi connectivity index (χ2n) is 8.12.